The third-order valence-electron chi connectivity index (χ3n) is 4.55. The lowest BCUT2D eigenvalue weighted by molar-refractivity contribution is 0.0732. The van der Waals surface area contributed by atoms with Gasteiger partial charge in [-0.2, -0.15) is 0 Å². The minimum absolute atomic E-state index is 0.255. The number of ether oxygens (including phenoxy) is 1. The number of hydrogen-bond donors (Lipinski definition) is 0. The Labute approximate surface area is 239 Å². The average Bonchev–Trinajstić information content (AvgIpc) is 2.80. The Balaban J connectivity index is 1.63. The summed E-state index contributed by atoms with van der Waals surface area (Å²) >= 11 is 10.1. The molecule has 4 aromatic rings. The van der Waals surface area contributed by atoms with E-state index in [1.165, 1.54) is 9.79 Å². The molecular formula is C25H15BrI3O2S+. The third-order valence-corrected chi connectivity index (χ3v) is 11.3. The molecular weight excluding hydrogens is 825 g/mol. The molecule has 0 aliphatic heterocycles. The molecule has 1 atom stereocenters. The van der Waals surface area contributed by atoms with Crippen molar-refractivity contribution in [3.05, 3.63) is 112 Å². The number of esters is 1. The van der Waals surface area contributed by atoms with Gasteiger partial charge >= 0.3 is 5.97 Å². The highest BCUT2D eigenvalue weighted by molar-refractivity contribution is 14.1. The molecule has 0 radical (unpaired) electrons. The van der Waals surface area contributed by atoms with E-state index in [0.717, 1.165) is 20.1 Å². The summed E-state index contributed by atoms with van der Waals surface area (Å²) in [7, 11) is -0.255. The molecule has 4 aromatic carbocycles. The Hall–Kier alpha value is -0.630. The second-order valence-electron chi connectivity index (χ2n) is 6.65. The van der Waals surface area contributed by atoms with Gasteiger partial charge in [0, 0.05) is 15.2 Å². The smallest absolute Gasteiger partial charge is 0.345 e. The molecule has 0 N–H and O–H groups in total. The Morgan fingerprint density at radius 3 is 1.84 bits per heavy atom. The molecule has 32 heavy (non-hydrogen) atoms. The van der Waals surface area contributed by atoms with Crippen LogP contribution in [0.3, 0.4) is 0 Å². The number of rotatable bonds is 5. The number of carbonyl (C=O) groups is 1. The average molecular weight is 840 g/mol. The van der Waals surface area contributed by atoms with Gasteiger partial charge in [0.15, 0.2) is 14.7 Å². The van der Waals surface area contributed by atoms with Gasteiger partial charge in [-0.15, -0.1) is 0 Å². The van der Waals surface area contributed by atoms with E-state index in [0.29, 0.717) is 11.3 Å². The highest BCUT2D eigenvalue weighted by atomic mass is 127. The lowest BCUT2D eigenvalue weighted by atomic mass is 10.2. The summed E-state index contributed by atoms with van der Waals surface area (Å²) in [5, 5.41) is 0. The first-order valence-corrected chi connectivity index (χ1v) is 14.7. The maximum Gasteiger partial charge on any atom is 0.345 e. The van der Waals surface area contributed by atoms with Crippen molar-refractivity contribution in [1.82, 2.24) is 0 Å². The second kappa shape index (κ2) is 11.2. The molecule has 4 rings (SSSR count). The topological polar surface area (TPSA) is 26.3 Å². The Morgan fingerprint density at radius 1 is 0.688 bits per heavy atom. The fourth-order valence-corrected chi connectivity index (χ4v) is 7.70. The van der Waals surface area contributed by atoms with Gasteiger partial charge in [0.25, 0.3) is 0 Å². The zero-order valence-electron chi connectivity index (χ0n) is 16.4. The van der Waals surface area contributed by atoms with Crippen molar-refractivity contribution in [3.63, 3.8) is 0 Å². The summed E-state index contributed by atoms with van der Waals surface area (Å²) in [6.07, 6.45) is 0. The molecule has 0 amide bonds. The van der Waals surface area contributed by atoms with Crippen molar-refractivity contribution in [3.8, 4) is 5.75 Å². The summed E-state index contributed by atoms with van der Waals surface area (Å²) in [5.41, 5.74) is 0.612. The molecule has 1 unspecified atom stereocenters. The van der Waals surface area contributed by atoms with Crippen LogP contribution in [0, 0.1) is 10.7 Å². The summed E-state index contributed by atoms with van der Waals surface area (Å²) in [6.45, 7) is 0. The van der Waals surface area contributed by atoms with Gasteiger partial charge in [0.2, 0.25) is 0 Å². The summed E-state index contributed by atoms with van der Waals surface area (Å²) < 4.78 is 9.61. The first kappa shape index (κ1) is 24.5. The van der Waals surface area contributed by atoms with Crippen LogP contribution >= 0.6 is 83.7 Å². The Kier molecular flexibility index (Phi) is 8.57. The van der Waals surface area contributed by atoms with Crippen LogP contribution in [0.15, 0.2) is 110 Å². The summed E-state index contributed by atoms with van der Waals surface area (Å²) in [4.78, 5) is 16.5. The lowest BCUT2D eigenvalue weighted by Crippen LogP contribution is -2.13. The fraction of sp³-hybridized carbons (Fsp3) is 0. The van der Waals surface area contributed by atoms with Crippen molar-refractivity contribution in [2.75, 3.05) is 0 Å². The van der Waals surface area contributed by atoms with E-state index in [4.69, 9.17) is 4.74 Å². The van der Waals surface area contributed by atoms with Crippen LogP contribution in [0.25, 0.3) is 0 Å². The Bertz CT molecular complexity index is 1250. The predicted octanol–water partition coefficient (Wildman–Crippen LogP) is 8.58. The van der Waals surface area contributed by atoms with Crippen LogP contribution in [0.4, 0.5) is 0 Å². The van der Waals surface area contributed by atoms with Gasteiger partial charge in [0.1, 0.15) is 5.75 Å². The van der Waals surface area contributed by atoms with Crippen LogP contribution < -0.4 is 4.74 Å². The molecule has 0 aliphatic carbocycles. The molecule has 0 heterocycles. The van der Waals surface area contributed by atoms with Crippen LogP contribution in [0.1, 0.15) is 10.4 Å². The maximum atomic E-state index is 12.9. The second-order valence-corrected chi connectivity index (χ2v) is 13.0. The van der Waals surface area contributed by atoms with E-state index in [-0.39, 0.29) is 16.9 Å². The van der Waals surface area contributed by atoms with Crippen LogP contribution in [-0.4, -0.2) is 5.97 Å². The summed E-state index contributed by atoms with van der Waals surface area (Å²) in [6, 6.07) is 30.7. The van der Waals surface area contributed by atoms with Crippen molar-refractivity contribution in [2.24, 2.45) is 0 Å². The van der Waals surface area contributed by atoms with E-state index < -0.39 is 0 Å². The molecule has 0 spiro atoms. The van der Waals surface area contributed by atoms with Crippen LogP contribution in [-0.2, 0) is 10.9 Å². The van der Waals surface area contributed by atoms with Gasteiger partial charge in [-0.1, -0.05) is 34.1 Å². The molecule has 0 aromatic heterocycles. The summed E-state index contributed by atoms with van der Waals surface area (Å²) in [5.74, 6) is 0.205. The molecule has 160 valence electrons. The maximum absolute atomic E-state index is 12.9. The first-order valence-electron chi connectivity index (χ1n) is 9.44. The van der Waals surface area contributed by atoms with Crippen molar-refractivity contribution in [2.45, 2.75) is 14.7 Å². The quantitative estimate of drug-likeness (QED) is 0.0663. The van der Waals surface area contributed by atoms with Gasteiger partial charge in [-0.05, 0) is 141 Å². The predicted molar refractivity (Wildman–Crippen MR) is 159 cm³/mol. The van der Waals surface area contributed by atoms with Crippen molar-refractivity contribution in [1.29, 1.82) is 0 Å². The van der Waals surface area contributed by atoms with Crippen LogP contribution in [0.5, 0.6) is 5.75 Å². The molecule has 0 saturated heterocycles. The fourth-order valence-electron chi connectivity index (χ4n) is 3.05. The molecule has 2 nitrogen and oxygen atoms in total. The standard InChI is InChI=1S/C25H15BrI3O2S/c26-16-6-10-19(11-7-16)32(18-4-2-1-3-5-18)20-12-8-17(9-13-20)31-25(30)23-21(27)14-15-22(28)24(23)29/h1-15H/q+1. The number of carbonyl (C=O) groups excluding carboxylic acids is 1. The van der Waals surface area contributed by atoms with E-state index >= 15 is 0 Å². The van der Waals surface area contributed by atoms with E-state index in [1.54, 1.807) is 0 Å². The highest BCUT2D eigenvalue weighted by Gasteiger charge is 2.28. The minimum Gasteiger partial charge on any atom is -0.423 e. The van der Waals surface area contributed by atoms with Crippen molar-refractivity contribution >= 4 is 101 Å². The van der Waals surface area contributed by atoms with Gasteiger partial charge in [-0.25, -0.2) is 4.79 Å². The zero-order valence-corrected chi connectivity index (χ0v) is 25.3. The SMILES string of the molecule is O=C(Oc1ccc([S+](c2ccccc2)c2ccc(Br)cc2)cc1)c1c(I)ccc(I)c1I. The van der Waals surface area contributed by atoms with Crippen LogP contribution in [0.2, 0.25) is 0 Å². The first-order chi connectivity index (χ1) is 15.4. The zero-order chi connectivity index (χ0) is 22.7. The van der Waals surface area contributed by atoms with Crippen molar-refractivity contribution < 1.29 is 9.53 Å². The van der Waals surface area contributed by atoms with Gasteiger partial charge in [0.05, 0.1) is 16.5 Å². The normalized spacial score (nSPS) is 11.8. The van der Waals surface area contributed by atoms with E-state index in [9.17, 15) is 4.79 Å². The monoisotopic (exact) mass is 839 g/mol. The van der Waals surface area contributed by atoms with E-state index in [1.807, 2.05) is 42.5 Å². The largest absolute Gasteiger partial charge is 0.423 e. The lowest BCUT2D eigenvalue weighted by Gasteiger charge is -2.11. The van der Waals surface area contributed by atoms with Gasteiger partial charge < -0.3 is 4.74 Å². The molecule has 0 bridgehead atoms. The Morgan fingerprint density at radius 2 is 1.22 bits per heavy atom. The molecule has 0 aliphatic rings. The number of hydrogen-bond acceptors (Lipinski definition) is 2. The molecule has 0 saturated carbocycles. The number of benzene rings is 4. The van der Waals surface area contributed by atoms with Gasteiger partial charge in [-0.3, -0.25) is 0 Å². The highest BCUT2D eigenvalue weighted by Crippen LogP contribution is 2.33. The minimum atomic E-state index is -0.333. The third kappa shape index (κ3) is 5.70. The molecule has 0 fully saturated rings. The number of halogens is 4. The van der Waals surface area contributed by atoms with E-state index in [2.05, 4.69) is 132 Å². The molecule has 7 heteroatoms.